The van der Waals surface area contributed by atoms with Gasteiger partial charge in [-0.15, -0.1) is 0 Å². The van der Waals surface area contributed by atoms with Crippen LogP contribution < -0.4 is 5.32 Å². The topological polar surface area (TPSA) is 102 Å². The predicted octanol–water partition coefficient (Wildman–Crippen LogP) is 3.07. The summed E-state index contributed by atoms with van der Waals surface area (Å²) in [4.78, 5) is 24.4. The number of aryl methyl sites for hydroxylation is 1. The van der Waals surface area contributed by atoms with Crippen molar-refractivity contribution < 1.29 is 14.3 Å². The first-order chi connectivity index (χ1) is 12.9. The Morgan fingerprint density at radius 2 is 2.04 bits per heavy atom. The van der Waals surface area contributed by atoms with E-state index in [1.807, 2.05) is 26.0 Å². The monoisotopic (exact) mass is 431 g/mol. The summed E-state index contributed by atoms with van der Waals surface area (Å²) in [6.07, 6.45) is 1.52. The number of aromatic nitrogens is 4. The third-order valence-corrected chi connectivity index (χ3v) is 4.78. The molecule has 2 aromatic heterocycles. The van der Waals surface area contributed by atoms with Crippen LogP contribution in [0, 0.1) is 13.8 Å². The molecule has 0 unspecified atom stereocenters. The minimum absolute atomic E-state index is 0.319. The van der Waals surface area contributed by atoms with Crippen molar-refractivity contribution in [2.45, 2.75) is 20.4 Å². The Bertz CT molecular complexity index is 1010. The number of carbonyl (C=O) groups is 2. The normalized spacial score (nSPS) is 10.7. The van der Waals surface area contributed by atoms with Gasteiger partial charge >= 0.3 is 5.97 Å². The minimum atomic E-state index is -0.398. The maximum atomic E-state index is 12.4. The molecule has 3 aromatic rings. The first kappa shape index (κ1) is 18.8. The van der Waals surface area contributed by atoms with Crippen molar-refractivity contribution in [3.8, 4) is 0 Å². The van der Waals surface area contributed by atoms with Gasteiger partial charge in [-0.3, -0.25) is 14.6 Å². The molecule has 1 aromatic carbocycles. The lowest BCUT2D eigenvalue weighted by atomic mass is 10.1. The molecule has 0 aliphatic heterocycles. The highest BCUT2D eigenvalue weighted by Gasteiger charge is 2.19. The molecular weight excluding hydrogens is 414 g/mol. The zero-order chi connectivity index (χ0) is 19.6. The Kier molecular flexibility index (Phi) is 5.41. The quantitative estimate of drug-likeness (QED) is 0.604. The number of rotatable bonds is 5. The average molecular weight is 432 g/mol. The number of ether oxygens (including phenoxy) is 1. The Morgan fingerprint density at radius 1 is 1.30 bits per heavy atom. The molecule has 0 saturated carbocycles. The second-order valence-electron chi connectivity index (χ2n) is 5.90. The lowest BCUT2D eigenvalue weighted by molar-refractivity contribution is 0.0599. The number of esters is 1. The molecule has 1 amide bonds. The van der Waals surface area contributed by atoms with Crippen LogP contribution >= 0.6 is 15.9 Å². The average Bonchev–Trinajstić information content (AvgIpc) is 3.20. The maximum absolute atomic E-state index is 12.4. The molecule has 140 valence electrons. The summed E-state index contributed by atoms with van der Waals surface area (Å²) in [6, 6.07) is 7.20. The third-order valence-electron chi connectivity index (χ3n) is 4.18. The maximum Gasteiger partial charge on any atom is 0.338 e. The van der Waals surface area contributed by atoms with Crippen molar-refractivity contribution in [2.24, 2.45) is 0 Å². The molecule has 2 heterocycles. The van der Waals surface area contributed by atoms with Crippen molar-refractivity contribution in [3.05, 3.63) is 63.1 Å². The van der Waals surface area contributed by atoms with Gasteiger partial charge < -0.3 is 10.1 Å². The molecule has 2 N–H and O–H groups in total. The van der Waals surface area contributed by atoms with Gasteiger partial charge in [0.2, 0.25) is 0 Å². The van der Waals surface area contributed by atoms with Crippen molar-refractivity contribution in [1.82, 2.24) is 20.0 Å². The van der Waals surface area contributed by atoms with E-state index < -0.39 is 5.97 Å². The summed E-state index contributed by atoms with van der Waals surface area (Å²) < 4.78 is 7.16. The molecular formula is C18H18BrN5O3. The number of hydrogen-bond acceptors (Lipinski definition) is 5. The van der Waals surface area contributed by atoms with E-state index in [0.29, 0.717) is 33.7 Å². The lowest BCUT2D eigenvalue weighted by Crippen LogP contribution is -2.15. The Hall–Kier alpha value is -2.94. The first-order valence-electron chi connectivity index (χ1n) is 8.12. The van der Waals surface area contributed by atoms with Gasteiger partial charge in [-0.05, 0) is 41.4 Å². The van der Waals surface area contributed by atoms with Crippen molar-refractivity contribution in [3.63, 3.8) is 0 Å². The molecule has 9 heteroatoms. The lowest BCUT2D eigenvalue weighted by Gasteiger charge is -2.10. The number of amides is 1. The first-order valence-corrected chi connectivity index (χ1v) is 8.92. The molecule has 0 aliphatic rings. The fourth-order valence-corrected chi connectivity index (χ4v) is 3.14. The van der Waals surface area contributed by atoms with Gasteiger partial charge in [-0.2, -0.15) is 10.2 Å². The Labute approximate surface area is 164 Å². The highest BCUT2D eigenvalue weighted by atomic mass is 79.9. The molecule has 0 atom stereocenters. The van der Waals surface area contributed by atoms with Gasteiger partial charge in [-0.25, -0.2) is 4.79 Å². The number of halogens is 1. The number of aromatic amines is 1. The van der Waals surface area contributed by atoms with Gasteiger partial charge in [0.1, 0.15) is 5.69 Å². The van der Waals surface area contributed by atoms with Gasteiger partial charge in [0.25, 0.3) is 5.91 Å². The van der Waals surface area contributed by atoms with Crippen LogP contribution in [0.15, 0.2) is 34.9 Å². The van der Waals surface area contributed by atoms with Crippen LogP contribution in [0.2, 0.25) is 0 Å². The Balaban J connectivity index is 1.88. The van der Waals surface area contributed by atoms with Gasteiger partial charge in [0.15, 0.2) is 0 Å². The number of H-pyrrole nitrogens is 1. The number of nitrogens with zero attached hydrogens (tertiary/aromatic N) is 3. The number of carbonyl (C=O) groups excluding carboxylic acids is 2. The second kappa shape index (κ2) is 7.75. The van der Waals surface area contributed by atoms with E-state index in [2.05, 4.69) is 36.5 Å². The van der Waals surface area contributed by atoms with Crippen molar-refractivity contribution in [1.29, 1.82) is 0 Å². The van der Waals surface area contributed by atoms with Crippen LogP contribution in [0.25, 0.3) is 0 Å². The predicted molar refractivity (Wildman–Crippen MR) is 103 cm³/mol. The molecule has 8 nitrogen and oxygen atoms in total. The molecule has 3 rings (SSSR count). The van der Waals surface area contributed by atoms with E-state index in [9.17, 15) is 9.59 Å². The summed E-state index contributed by atoms with van der Waals surface area (Å²) in [5.74, 6) is -0.718. The van der Waals surface area contributed by atoms with E-state index in [1.165, 1.54) is 13.3 Å². The minimum Gasteiger partial charge on any atom is -0.465 e. The molecule has 0 spiro atoms. The highest BCUT2D eigenvalue weighted by molar-refractivity contribution is 9.10. The van der Waals surface area contributed by atoms with Gasteiger partial charge in [0.05, 0.1) is 47.0 Å². The number of benzene rings is 1. The number of methoxy groups -OCH3 is 1. The molecule has 0 radical (unpaired) electrons. The summed E-state index contributed by atoms with van der Waals surface area (Å²) in [6.45, 7) is 4.05. The largest absolute Gasteiger partial charge is 0.465 e. The van der Waals surface area contributed by atoms with Crippen LogP contribution in [0.5, 0.6) is 0 Å². The van der Waals surface area contributed by atoms with Crippen molar-refractivity contribution >= 4 is 33.5 Å². The standard InChI is InChI=1S/C18H18BrN5O3/c1-10-15(21-17(25)16-14(19)8-20-22-16)11(2)24(23-10)9-12-6-4-5-7-13(12)18(26)27-3/h4-8H,9H2,1-3H3,(H,20,22)(H,21,25). The van der Waals surface area contributed by atoms with E-state index in [1.54, 1.807) is 16.8 Å². The van der Waals surface area contributed by atoms with E-state index >= 15 is 0 Å². The second-order valence-corrected chi connectivity index (χ2v) is 6.75. The van der Waals surface area contributed by atoms with Crippen LogP contribution in [0.3, 0.4) is 0 Å². The summed E-state index contributed by atoms with van der Waals surface area (Å²) in [5.41, 5.74) is 3.67. The molecule has 27 heavy (non-hydrogen) atoms. The van der Waals surface area contributed by atoms with Crippen LogP contribution in [-0.4, -0.2) is 39.0 Å². The number of anilines is 1. The van der Waals surface area contributed by atoms with Crippen LogP contribution in [0.1, 0.15) is 37.8 Å². The third kappa shape index (κ3) is 3.77. The molecule has 0 saturated heterocycles. The number of hydrogen-bond donors (Lipinski definition) is 2. The fourth-order valence-electron chi connectivity index (χ4n) is 2.77. The molecule has 0 aliphatic carbocycles. The molecule has 0 bridgehead atoms. The zero-order valence-electron chi connectivity index (χ0n) is 15.0. The van der Waals surface area contributed by atoms with Crippen LogP contribution in [0.4, 0.5) is 5.69 Å². The van der Waals surface area contributed by atoms with E-state index in [-0.39, 0.29) is 5.91 Å². The zero-order valence-corrected chi connectivity index (χ0v) is 16.6. The number of nitrogens with one attached hydrogen (secondary N) is 2. The van der Waals surface area contributed by atoms with Gasteiger partial charge in [0, 0.05) is 0 Å². The summed E-state index contributed by atoms with van der Waals surface area (Å²) in [5, 5.41) is 13.8. The summed E-state index contributed by atoms with van der Waals surface area (Å²) in [7, 11) is 1.35. The molecule has 0 fully saturated rings. The van der Waals surface area contributed by atoms with E-state index in [4.69, 9.17) is 4.74 Å². The smallest absolute Gasteiger partial charge is 0.338 e. The SMILES string of the molecule is COC(=O)c1ccccc1Cn1nc(C)c(NC(=O)c2[nH]ncc2Br)c1C. The van der Waals surface area contributed by atoms with Crippen molar-refractivity contribution in [2.75, 3.05) is 12.4 Å². The van der Waals surface area contributed by atoms with Crippen LogP contribution in [-0.2, 0) is 11.3 Å². The van der Waals surface area contributed by atoms with Gasteiger partial charge in [-0.1, -0.05) is 18.2 Å². The fraction of sp³-hybridized carbons (Fsp3) is 0.222. The highest BCUT2D eigenvalue weighted by Crippen LogP contribution is 2.23. The Morgan fingerprint density at radius 3 is 2.70 bits per heavy atom. The van der Waals surface area contributed by atoms with E-state index in [0.717, 1.165) is 11.3 Å². The summed E-state index contributed by atoms with van der Waals surface area (Å²) >= 11 is 3.28.